The van der Waals surface area contributed by atoms with E-state index >= 15 is 0 Å². The summed E-state index contributed by atoms with van der Waals surface area (Å²) in [4.78, 5) is 13.4. The molecular weight excluding hydrogens is 1060 g/mol. The molecule has 3 saturated heterocycles. The fraction of sp³-hybridized carbons (Fsp3) is 0.889. The maximum Gasteiger partial charge on any atom is 0.220 e. The van der Waals surface area contributed by atoms with Crippen LogP contribution in [0.4, 0.5) is 0 Å². The number of rotatable bonds is 48. The molecule has 17 atom stereocenters. The molecule has 0 saturated carbocycles. The van der Waals surface area contributed by atoms with Crippen LogP contribution in [0.5, 0.6) is 0 Å². The van der Waals surface area contributed by atoms with Crippen molar-refractivity contribution in [2.45, 2.75) is 330 Å². The molecule has 0 radical (unpaired) electrons. The summed E-state index contributed by atoms with van der Waals surface area (Å²) in [7, 11) is 0. The van der Waals surface area contributed by atoms with Crippen LogP contribution >= 0.6 is 0 Å². The number of allylic oxidation sites excluding steroid dienone is 6. The molecule has 17 unspecified atom stereocenters. The summed E-state index contributed by atoms with van der Waals surface area (Å²) in [6.45, 7) is 1.76. The third kappa shape index (κ3) is 29.1. The van der Waals surface area contributed by atoms with Gasteiger partial charge in [0.15, 0.2) is 18.9 Å². The Bertz CT molecular complexity index is 1640. The Kier molecular flexibility index (Phi) is 41.8. The quantitative estimate of drug-likeness (QED) is 0.0218. The van der Waals surface area contributed by atoms with Crippen molar-refractivity contribution in [3.05, 3.63) is 36.5 Å². The van der Waals surface area contributed by atoms with Crippen LogP contribution in [-0.4, -0.2) is 193 Å². The Morgan fingerprint density at radius 2 is 0.805 bits per heavy atom. The van der Waals surface area contributed by atoms with Gasteiger partial charge in [-0.1, -0.05) is 204 Å². The van der Waals surface area contributed by atoms with E-state index in [1.807, 2.05) is 0 Å². The highest BCUT2D eigenvalue weighted by molar-refractivity contribution is 5.76. The van der Waals surface area contributed by atoms with Crippen LogP contribution in [0.2, 0.25) is 0 Å². The molecular formula is C63H115NO18. The third-order valence-electron chi connectivity index (χ3n) is 16.2. The lowest BCUT2D eigenvalue weighted by Gasteiger charge is -2.48. The molecule has 3 heterocycles. The van der Waals surface area contributed by atoms with Gasteiger partial charge in [-0.3, -0.25) is 4.79 Å². The van der Waals surface area contributed by atoms with Gasteiger partial charge < -0.3 is 89.9 Å². The van der Waals surface area contributed by atoms with E-state index in [9.17, 15) is 61.0 Å². The molecule has 0 aromatic carbocycles. The van der Waals surface area contributed by atoms with E-state index in [1.165, 1.54) is 109 Å². The van der Waals surface area contributed by atoms with Crippen LogP contribution in [0.1, 0.15) is 226 Å². The van der Waals surface area contributed by atoms with Gasteiger partial charge in [0.1, 0.15) is 73.2 Å². The lowest BCUT2D eigenvalue weighted by molar-refractivity contribution is -0.379. The van der Waals surface area contributed by atoms with E-state index in [2.05, 4.69) is 55.6 Å². The van der Waals surface area contributed by atoms with Crippen molar-refractivity contribution >= 4 is 5.91 Å². The second-order valence-corrected chi connectivity index (χ2v) is 23.2. The van der Waals surface area contributed by atoms with Crippen LogP contribution in [0.25, 0.3) is 0 Å². The minimum absolute atomic E-state index is 0.252. The molecule has 0 aromatic rings. The topological polar surface area (TPSA) is 307 Å². The Labute approximate surface area is 491 Å². The number of nitrogens with one attached hydrogen (secondary N) is 1. The van der Waals surface area contributed by atoms with Gasteiger partial charge >= 0.3 is 0 Å². The van der Waals surface area contributed by atoms with Gasteiger partial charge in [-0.15, -0.1) is 0 Å². The zero-order valence-corrected chi connectivity index (χ0v) is 50.2. The molecule has 19 heteroatoms. The summed E-state index contributed by atoms with van der Waals surface area (Å²) in [6.07, 6.45) is 23.5. The van der Waals surface area contributed by atoms with E-state index in [0.29, 0.717) is 12.8 Å². The first kappa shape index (κ1) is 74.3. The number of aliphatic hydroxyl groups excluding tert-OH is 11. The molecule has 19 nitrogen and oxygen atoms in total. The van der Waals surface area contributed by atoms with E-state index < -0.39 is 124 Å². The molecule has 3 rings (SSSR count). The van der Waals surface area contributed by atoms with E-state index in [4.69, 9.17) is 28.4 Å². The maximum atomic E-state index is 13.4. The van der Waals surface area contributed by atoms with Crippen LogP contribution < -0.4 is 5.32 Å². The van der Waals surface area contributed by atoms with Crippen molar-refractivity contribution in [1.29, 1.82) is 0 Å². The second-order valence-electron chi connectivity index (χ2n) is 23.2. The van der Waals surface area contributed by atoms with Gasteiger partial charge in [-0.2, -0.15) is 0 Å². The van der Waals surface area contributed by atoms with Crippen molar-refractivity contribution in [1.82, 2.24) is 5.32 Å². The molecule has 0 aromatic heterocycles. The first-order chi connectivity index (χ1) is 39.8. The van der Waals surface area contributed by atoms with E-state index in [-0.39, 0.29) is 18.9 Å². The SMILES string of the molecule is CCCCC/C=C\C/C=C\C/C=C\CCCCCCCCC(=O)NC(COC1OC(CO)C(OC2OC(CO)C(OC3OC(CO)C(O)C(O)C3O)C(O)C2O)C(O)C1O)C(O)CCCCCCCCCCCCCCCCCCCC. The van der Waals surface area contributed by atoms with Gasteiger partial charge in [0.2, 0.25) is 5.91 Å². The smallest absolute Gasteiger partial charge is 0.220 e. The summed E-state index contributed by atoms with van der Waals surface area (Å²) < 4.78 is 34.4. The van der Waals surface area contributed by atoms with Crippen molar-refractivity contribution in [3.63, 3.8) is 0 Å². The zero-order valence-electron chi connectivity index (χ0n) is 50.2. The average Bonchev–Trinajstić information content (AvgIpc) is 3.39. The molecule has 12 N–H and O–H groups in total. The Morgan fingerprint density at radius 1 is 0.439 bits per heavy atom. The van der Waals surface area contributed by atoms with Crippen LogP contribution in [0, 0.1) is 0 Å². The first-order valence-corrected chi connectivity index (χ1v) is 32.2. The Morgan fingerprint density at radius 3 is 1.28 bits per heavy atom. The summed E-state index contributed by atoms with van der Waals surface area (Å²) in [5.74, 6) is -0.255. The van der Waals surface area contributed by atoms with Crippen molar-refractivity contribution < 1.29 is 89.4 Å². The molecule has 0 spiro atoms. The van der Waals surface area contributed by atoms with Gasteiger partial charge in [0.05, 0.1) is 38.6 Å². The second kappa shape index (κ2) is 46.2. The lowest BCUT2D eigenvalue weighted by Crippen LogP contribution is -2.66. The summed E-state index contributed by atoms with van der Waals surface area (Å²) in [5, 5.41) is 120. The number of aliphatic hydroxyl groups is 11. The highest BCUT2D eigenvalue weighted by Crippen LogP contribution is 2.33. The van der Waals surface area contributed by atoms with Crippen LogP contribution in [0.15, 0.2) is 36.5 Å². The lowest BCUT2D eigenvalue weighted by atomic mass is 9.96. The third-order valence-corrected chi connectivity index (χ3v) is 16.2. The fourth-order valence-electron chi connectivity index (χ4n) is 10.9. The summed E-state index contributed by atoms with van der Waals surface area (Å²) in [6, 6.07) is -0.894. The molecule has 3 aliphatic rings. The number of unbranched alkanes of at least 4 members (excludes halogenated alkanes) is 26. The largest absolute Gasteiger partial charge is 0.394 e. The normalized spacial score (nSPS) is 29.8. The highest BCUT2D eigenvalue weighted by Gasteiger charge is 2.53. The highest BCUT2D eigenvalue weighted by atomic mass is 16.8. The van der Waals surface area contributed by atoms with Gasteiger partial charge in [0.25, 0.3) is 0 Å². The standard InChI is InChI=1S/C63H115NO18/c1-3-5-7-9-11-13-15-17-19-21-23-25-27-29-31-33-35-37-39-41-51(69)64-46(47(68)40-38-36-34-32-30-28-26-24-22-20-18-16-14-12-10-8-6-4-2)45-77-61-57(75)54(72)59(49(43-66)79-61)82-63-58(76)55(73)60(50(44-67)80-63)81-62-56(74)53(71)52(70)48(42-65)78-62/h11,13,17,19,23,25,46-50,52-63,65-68,70-76H,3-10,12,14-16,18,20-22,24,26-45H2,1-2H3,(H,64,69)/b13-11-,19-17-,25-23-. The number of hydrogen-bond acceptors (Lipinski definition) is 18. The summed E-state index contributed by atoms with van der Waals surface area (Å²) in [5.41, 5.74) is 0. The monoisotopic (exact) mass is 1170 g/mol. The van der Waals surface area contributed by atoms with Crippen LogP contribution in [0.3, 0.4) is 0 Å². The number of carbonyl (C=O) groups is 1. The minimum Gasteiger partial charge on any atom is -0.394 e. The molecule has 0 bridgehead atoms. The van der Waals surface area contributed by atoms with Crippen molar-refractivity contribution in [2.75, 3.05) is 26.4 Å². The molecule has 82 heavy (non-hydrogen) atoms. The van der Waals surface area contributed by atoms with Gasteiger partial charge in [-0.05, 0) is 51.4 Å². The van der Waals surface area contributed by atoms with Crippen molar-refractivity contribution in [3.8, 4) is 0 Å². The number of ether oxygens (including phenoxy) is 6. The average molecular weight is 1170 g/mol. The van der Waals surface area contributed by atoms with Crippen LogP contribution in [-0.2, 0) is 33.2 Å². The number of carbonyl (C=O) groups excluding carboxylic acids is 1. The Balaban J connectivity index is 1.48. The molecule has 3 fully saturated rings. The van der Waals surface area contributed by atoms with E-state index in [0.717, 1.165) is 83.5 Å². The Hall–Kier alpha value is -1.99. The predicted molar refractivity (Wildman–Crippen MR) is 314 cm³/mol. The van der Waals surface area contributed by atoms with E-state index in [1.54, 1.807) is 0 Å². The molecule has 480 valence electrons. The molecule has 1 amide bonds. The summed E-state index contributed by atoms with van der Waals surface area (Å²) >= 11 is 0. The maximum absolute atomic E-state index is 13.4. The van der Waals surface area contributed by atoms with Gasteiger partial charge in [-0.25, -0.2) is 0 Å². The zero-order chi connectivity index (χ0) is 59.7. The van der Waals surface area contributed by atoms with Gasteiger partial charge in [0, 0.05) is 6.42 Å². The molecule has 3 aliphatic heterocycles. The number of hydrogen-bond donors (Lipinski definition) is 12. The first-order valence-electron chi connectivity index (χ1n) is 32.2. The minimum atomic E-state index is -1.97. The predicted octanol–water partition coefficient (Wildman–Crippen LogP) is 6.88. The number of amides is 1. The van der Waals surface area contributed by atoms with Crippen molar-refractivity contribution in [2.24, 2.45) is 0 Å². The molecule has 0 aliphatic carbocycles. The fourth-order valence-corrected chi connectivity index (χ4v) is 10.9.